The van der Waals surface area contributed by atoms with E-state index in [-0.39, 0.29) is 44.5 Å². The van der Waals surface area contributed by atoms with Gasteiger partial charge in [-0.25, -0.2) is 19.2 Å². The van der Waals surface area contributed by atoms with Gasteiger partial charge in [0.2, 0.25) is 11.0 Å². The summed E-state index contributed by atoms with van der Waals surface area (Å²) >= 11 is 1.36. The van der Waals surface area contributed by atoms with E-state index in [0.29, 0.717) is 42.0 Å². The molecular weight excluding hydrogens is 1170 g/mol. The van der Waals surface area contributed by atoms with Crippen LogP contribution < -0.4 is 5.32 Å². The van der Waals surface area contributed by atoms with E-state index in [9.17, 15) is 28.8 Å². The first-order valence-corrected chi connectivity index (χ1v) is 31.4. The molecular formula is C79H102N2O10S. The van der Waals surface area contributed by atoms with Crippen LogP contribution in [0, 0.1) is 16.2 Å². The highest BCUT2D eigenvalue weighted by atomic mass is 32.2. The highest BCUT2D eigenvalue weighted by Crippen LogP contribution is 2.46. The van der Waals surface area contributed by atoms with E-state index in [4.69, 9.17) is 18.9 Å². The van der Waals surface area contributed by atoms with Crippen LogP contribution in [0.5, 0.6) is 0 Å². The van der Waals surface area contributed by atoms with Gasteiger partial charge in [0.05, 0.1) is 30.1 Å². The number of nitrogens with zero attached hydrogens (tertiary/aromatic N) is 1. The zero-order valence-electron chi connectivity index (χ0n) is 57.5. The number of hydrogen-bond acceptors (Lipinski definition) is 12. The molecule has 4 aromatic carbocycles. The van der Waals surface area contributed by atoms with Gasteiger partial charge in [0.25, 0.3) is 0 Å². The van der Waals surface area contributed by atoms with E-state index < -0.39 is 17.1 Å². The minimum atomic E-state index is -1.02. The summed E-state index contributed by atoms with van der Waals surface area (Å²) in [6.07, 6.45) is 17.2. The molecule has 1 aliphatic rings. The highest BCUT2D eigenvalue weighted by molar-refractivity contribution is 8.15. The summed E-state index contributed by atoms with van der Waals surface area (Å²) in [6, 6.07) is 43.3. The van der Waals surface area contributed by atoms with Crippen LogP contribution in [-0.2, 0) is 63.6 Å². The second-order valence-corrected chi connectivity index (χ2v) is 27.4. The Bertz CT molecular complexity index is 3140. The van der Waals surface area contributed by atoms with Crippen molar-refractivity contribution in [2.45, 2.75) is 145 Å². The largest absolute Gasteiger partial charge is 0.463 e. The molecule has 0 spiro atoms. The first-order chi connectivity index (χ1) is 43.0. The summed E-state index contributed by atoms with van der Waals surface area (Å²) in [5, 5.41) is 2.88. The van der Waals surface area contributed by atoms with Crippen molar-refractivity contribution in [1.82, 2.24) is 10.3 Å². The number of allylic oxidation sites excluding steroid dienone is 3. The van der Waals surface area contributed by atoms with Crippen LogP contribution >= 0.6 is 11.8 Å². The number of hydrogen-bond donors (Lipinski definition) is 1. The van der Waals surface area contributed by atoms with Gasteiger partial charge in [-0.1, -0.05) is 259 Å². The fourth-order valence-electron chi connectivity index (χ4n) is 8.00. The molecule has 12 nitrogen and oxygen atoms in total. The zero-order chi connectivity index (χ0) is 69.8. The lowest BCUT2D eigenvalue weighted by atomic mass is 9.80. The lowest BCUT2D eigenvalue weighted by Crippen LogP contribution is -2.40. The molecule has 1 heterocycles. The number of thioether (sulfide) groups is 1. The monoisotopic (exact) mass is 1270 g/mol. The van der Waals surface area contributed by atoms with Crippen molar-refractivity contribution in [3.8, 4) is 0 Å². The van der Waals surface area contributed by atoms with Crippen molar-refractivity contribution in [1.29, 1.82) is 0 Å². The minimum absolute atomic E-state index is 0.0328. The van der Waals surface area contributed by atoms with Crippen LogP contribution in [0.25, 0.3) is 0 Å². The molecule has 5 aromatic rings. The van der Waals surface area contributed by atoms with Crippen LogP contribution in [0.15, 0.2) is 244 Å². The number of nitrogens with one attached hydrogen (secondary N) is 1. The van der Waals surface area contributed by atoms with E-state index in [1.807, 2.05) is 156 Å². The van der Waals surface area contributed by atoms with E-state index in [2.05, 4.69) is 129 Å². The number of benzene rings is 4. The molecule has 1 aliphatic carbocycles. The normalized spacial score (nSPS) is 12.1. The van der Waals surface area contributed by atoms with E-state index >= 15 is 0 Å². The molecule has 0 radical (unpaired) electrons. The second-order valence-electron chi connectivity index (χ2n) is 26.0. The maximum Gasteiger partial charge on any atom is 0.333 e. The Labute approximate surface area is 555 Å². The third kappa shape index (κ3) is 31.9. The summed E-state index contributed by atoms with van der Waals surface area (Å²) in [5.74, 6) is -1.58. The predicted molar refractivity (Wildman–Crippen MR) is 379 cm³/mol. The number of aromatic nitrogens is 1. The number of carbonyl (C=O) groups is 6. The Balaban J connectivity index is 0.000000568. The zero-order valence-corrected chi connectivity index (χ0v) is 58.3. The number of esters is 4. The molecule has 1 N–H and O–H groups in total. The average Bonchev–Trinajstić information content (AvgIpc) is 0.814. The van der Waals surface area contributed by atoms with E-state index in [0.717, 1.165) is 53.5 Å². The standard InChI is InChI=1S/C22H18O2.C17H18OS.C11H14N2O.C11H20O2.2C9H16O2/c1-2-21(23)24-22(18-12-6-3-7-13-18,19-14-8-4-9-15-19)20-16-10-5-11-17-20;1-13(2)16(18)19-17(3,15-11-7-8-12-15)14-9-5-4-6-10-14;1-4-10(14)13-11(2,3)9-6-5-7-12-8-9;1-9(2)10(12)13-8-6-7-11(3,4)5;1-7(2)8(10)11-6-9(3,4)5;1-5-8(10)11-7-6-9(2,3)4/h2-17H,1H2;4-11H,1,12H2,2-3H3;4-8H,1H2,2-3H3,(H,13,14);1,6-8H2,2-5H3;1,6H2,2-5H3;5H,1,6-7H2,2-4H3. The van der Waals surface area contributed by atoms with Crippen LogP contribution in [0.3, 0.4) is 0 Å². The Kier molecular flexibility index (Phi) is 35.6. The predicted octanol–water partition coefficient (Wildman–Crippen LogP) is 18.2. The van der Waals surface area contributed by atoms with Crippen molar-refractivity contribution in [3.05, 3.63) is 272 Å². The van der Waals surface area contributed by atoms with Crippen LogP contribution in [0.2, 0.25) is 0 Å². The average molecular weight is 1270 g/mol. The molecule has 0 saturated heterocycles. The second kappa shape index (κ2) is 40.2. The molecule has 1 unspecified atom stereocenters. The Hall–Kier alpha value is -8.68. The number of ether oxygens (including phenoxy) is 4. The molecule has 6 rings (SSSR count). The number of pyridine rings is 1. The molecule has 494 valence electrons. The smallest absolute Gasteiger partial charge is 0.333 e. The van der Waals surface area contributed by atoms with Crippen molar-refractivity contribution in [3.63, 3.8) is 0 Å². The van der Waals surface area contributed by atoms with Gasteiger partial charge < -0.3 is 24.3 Å². The van der Waals surface area contributed by atoms with Gasteiger partial charge in [-0.2, -0.15) is 0 Å². The quantitative estimate of drug-likeness (QED) is 0.0243. The van der Waals surface area contributed by atoms with Crippen LogP contribution in [-0.4, -0.2) is 59.7 Å². The Morgan fingerprint density at radius 1 is 0.522 bits per heavy atom. The fraction of sp³-hybridized carbons (Fsp3) is 0.354. The van der Waals surface area contributed by atoms with Crippen LogP contribution in [0.4, 0.5) is 0 Å². The number of rotatable bonds is 21. The SMILES string of the molecule is C=C(C)C(=O)OCC(C)(C)C.C=C(C)C(=O)OCCCC(C)(C)C.C=C(C)C(=O)SC(C)(C1=CC=CC1)c1ccccc1.C=CC(=O)NC(C)(C)c1cccnc1.C=CC(=O)OC(c1ccccc1)(c1ccccc1)c1ccccc1.C=CC(=O)OCCC(C)(C)C. The van der Waals surface area contributed by atoms with E-state index in [1.165, 1.54) is 35.6 Å². The molecule has 92 heavy (non-hydrogen) atoms. The van der Waals surface area contributed by atoms with E-state index in [1.54, 1.807) is 33.2 Å². The number of carbonyl (C=O) groups excluding carboxylic acids is 6. The third-order valence-electron chi connectivity index (χ3n) is 13.2. The van der Waals surface area contributed by atoms with Crippen molar-refractivity contribution >= 4 is 46.7 Å². The first-order valence-electron chi connectivity index (χ1n) is 30.6. The van der Waals surface area contributed by atoms with Gasteiger partial charge in [0.1, 0.15) is 0 Å². The van der Waals surface area contributed by atoms with Gasteiger partial charge in [-0.15, -0.1) is 0 Å². The fourth-order valence-corrected chi connectivity index (χ4v) is 9.09. The molecule has 0 saturated carbocycles. The highest BCUT2D eigenvalue weighted by Gasteiger charge is 2.40. The van der Waals surface area contributed by atoms with Gasteiger partial charge in [-0.05, 0) is 118 Å². The summed E-state index contributed by atoms with van der Waals surface area (Å²) in [6.45, 7) is 52.3. The maximum absolute atomic E-state index is 12.2. The minimum Gasteiger partial charge on any atom is -0.463 e. The summed E-state index contributed by atoms with van der Waals surface area (Å²) in [7, 11) is 0. The molecule has 1 atom stereocenters. The van der Waals surface area contributed by atoms with Crippen molar-refractivity contribution in [2.75, 3.05) is 19.8 Å². The van der Waals surface area contributed by atoms with Gasteiger partial charge in [0, 0.05) is 52.4 Å². The molecule has 1 aromatic heterocycles. The molecule has 13 heteroatoms. The van der Waals surface area contributed by atoms with Gasteiger partial charge in [-0.3, -0.25) is 14.6 Å². The van der Waals surface area contributed by atoms with Crippen molar-refractivity contribution in [2.24, 2.45) is 16.2 Å². The lowest BCUT2D eigenvalue weighted by molar-refractivity contribution is -0.147. The molecule has 1 amide bonds. The topological polar surface area (TPSA) is 164 Å². The lowest BCUT2D eigenvalue weighted by Gasteiger charge is -2.34. The Morgan fingerprint density at radius 2 is 0.967 bits per heavy atom. The first kappa shape index (κ1) is 81.3. The Morgan fingerprint density at radius 3 is 1.34 bits per heavy atom. The van der Waals surface area contributed by atoms with Gasteiger partial charge in [0.15, 0.2) is 5.60 Å². The molecule has 0 bridgehead atoms. The van der Waals surface area contributed by atoms with Gasteiger partial charge >= 0.3 is 23.9 Å². The summed E-state index contributed by atoms with van der Waals surface area (Å²) in [5.41, 5.74) is 6.70. The maximum atomic E-state index is 12.2. The molecule has 0 aliphatic heterocycles. The number of amides is 1. The molecule has 0 fully saturated rings. The third-order valence-corrected chi connectivity index (χ3v) is 14.7. The van der Waals surface area contributed by atoms with Crippen LogP contribution in [0.1, 0.15) is 157 Å². The summed E-state index contributed by atoms with van der Waals surface area (Å²) < 4.78 is 20.4. The summed E-state index contributed by atoms with van der Waals surface area (Å²) in [4.78, 5) is 71.8. The van der Waals surface area contributed by atoms with Crippen molar-refractivity contribution < 1.29 is 47.7 Å².